The molecule has 74 valence electrons. The molecule has 0 saturated carbocycles. The predicted octanol–water partition coefficient (Wildman–Crippen LogP) is -3.64. The minimum atomic E-state index is -4.34. The zero-order valence-corrected chi connectivity index (χ0v) is 9.48. The Morgan fingerprint density at radius 1 is 1.23 bits per heavy atom. The van der Waals surface area contributed by atoms with Gasteiger partial charge in [0, 0.05) is 11.5 Å². The minimum absolute atomic E-state index is 0. The molecule has 0 aromatic rings. The summed E-state index contributed by atoms with van der Waals surface area (Å²) >= 11 is 0. The number of hydrogen-bond acceptors (Lipinski definition) is 5. The van der Waals surface area contributed by atoms with Crippen molar-refractivity contribution in [2.45, 2.75) is 18.6 Å². The van der Waals surface area contributed by atoms with Crippen molar-refractivity contribution in [3.05, 3.63) is 0 Å². The van der Waals surface area contributed by atoms with Gasteiger partial charge in [-0.25, -0.2) is 16.8 Å². The smallest absolute Gasteiger partial charge is 0.748 e. The first-order valence-electron chi connectivity index (χ1n) is 3.25. The van der Waals surface area contributed by atoms with Crippen molar-refractivity contribution >= 4 is 20.0 Å². The van der Waals surface area contributed by atoms with Gasteiger partial charge in [0.25, 0.3) is 0 Å². The molecule has 0 amide bonds. The zero-order valence-electron chi connectivity index (χ0n) is 7.85. The van der Waals surface area contributed by atoms with Crippen molar-refractivity contribution in [1.82, 2.24) is 0 Å². The first kappa shape index (κ1) is 15.9. The molecule has 0 aliphatic heterocycles. The summed E-state index contributed by atoms with van der Waals surface area (Å²) in [6, 6.07) is 0. The van der Waals surface area contributed by atoms with Crippen LogP contribution in [0.2, 0.25) is 0 Å². The van der Waals surface area contributed by atoms with Gasteiger partial charge in [-0.05, 0) is 13.3 Å². The van der Waals surface area contributed by atoms with E-state index in [9.17, 15) is 21.4 Å². The average molecular weight is 222 g/mol. The minimum Gasteiger partial charge on any atom is -0.748 e. The molecule has 0 aliphatic rings. The number of hydrogen-bond donors (Lipinski definition) is 0. The van der Waals surface area contributed by atoms with E-state index in [0.29, 0.717) is 0 Å². The summed E-state index contributed by atoms with van der Waals surface area (Å²) in [7, 11) is -7.52. The quantitative estimate of drug-likeness (QED) is 0.361. The topological polar surface area (TPSA) is 91.3 Å². The van der Waals surface area contributed by atoms with Gasteiger partial charge < -0.3 is 4.55 Å². The monoisotopic (exact) mass is 222 g/mol. The third-order valence-corrected chi connectivity index (χ3v) is 3.59. The predicted molar refractivity (Wildman–Crippen MR) is 43.5 cm³/mol. The van der Waals surface area contributed by atoms with E-state index in [0.717, 1.165) is 6.26 Å². The van der Waals surface area contributed by atoms with Gasteiger partial charge >= 0.3 is 18.9 Å². The van der Waals surface area contributed by atoms with Gasteiger partial charge in [0.2, 0.25) is 0 Å². The fraction of sp³-hybridized carbons (Fsp3) is 1.00. The summed E-state index contributed by atoms with van der Waals surface area (Å²) in [5.74, 6) is -0.268. The van der Waals surface area contributed by atoms with Crippen molar-refractivity contribution in [1.29, 1.82) is 0 Å². The van der Waals surface area contributed by atoms with Crippen LogP contribution in [-0.4, -0.2) is 38.6 Å². The van der Waals surface area contributed by atoms with E-state index in [1.165, 1.54) is 6.92 Å². The van der Waals surface area contributed by atoms with Crippen molar-refractivity contribution in [2.75, 3.05) is 12.0 Å². The van der Waals surface area contributed by atoms with Gasteiger partial charge in [-0.15, -0.1) is 0 Å². The molecule has 5 nitrogen and oxygen atoms in total. The maximum absolute atomic E-state index is 10.6. The second kappa shape index (κ2) is 5.37. The van der Waals surface area contributed by atoms with E-state index >= 15 is 0 Å². The van der Waals surface area contributed by atoms with Gasteiger partial charge in [0.1, 0.15) is 9.84 Å². The average Bonchev–Trinajstić information content (AvgIpc) is 1.78. The van der Waals surface area contributed by atoms with Crippen LogP contribution in [0.25, 0.3) is 0 Å². The molecule has 8 heteroatoms. The van der Waals surface area contributed by atoms with E-state index in [4.69, 9.17) is 0 Å². The van der Waals surface area contributed by atoms with Crippen LogP contribution in [0.15, 0.2) is 0 Å². The summed E-state index contributed by atoms with van der Waals surface area (Å²) < 4.78 is 52.0. The molecule has 0 rings (SSSR count). The Labute approximate surface area is 90.8 Å². The molecule has 0 bridgehead atoms. The second-order valence-electron chi connectivity index (χ2n) is 2.72. The van der Waals surface area contributed by atoms with Crippen LogP contribution in [0.1, 0.15) is 13.3 Å². The van der Waals surface area contributed by atoms with Crippen LogP contribution in [-0.2, 0) is 20.0 Å². The Bertz CT molecular complexity index is 330. The van der Waals surface area contributed by atoms with Crippen molar-refractivity contribution in [2.24, 2.45) is 0 Å². The fourth-order valence-electron chi connectivity index (χ4n) is 0.524. The van der Waals surface area contributed by atoms with E-state index < -0.39 is 25.2 Å². The molecule has 0 aromatic carbocycles. The van der Waals surface area contributed by atoms with E-state index in [1.54, 1.807) is 0 Å². The first-order valence-corrected chi connectivity index (χ1v) is 6.78. The van der Waals surface area contributed by atoms with Gasteiger partial charge in [-0.2, -0.15) is 0 Å². The maximum atomic E-state index is 10.6. The van der Waals surface area contributed by atoms with Crippen LogP contribution >= 0.6 is 0 Å². The SMILES string of the molecule is CC(CCS(C)(=O)=O)S(=O)(=O)[O-].[Li+]. The summed E-state index contributed by atoms with van der Waals surface area (Å²) in [6.45, 7) is 1.20. The summed E-state index contributed by atoms with van der Waals surface area (Å²) in [5, 5.41) is -1.13. The Morgan fingerprint density at radius 2 is 1.62 bits per heavy atom. The molecule has 0 spiro atoms. The van der Waals surface area contributed by atoms with E-state index in [2.05, 4.69) is 0 Å². The van der Waals surface area contributed by atoms with Gasteiger partial charge in [-0.1, -0.05) is 0 Å². The Balaban J connectivity index is 0. The molecular weight excluding hydrogens is 211 g/mol. The van der Waals surface area contributed by atoms with Crippen LogP contribution in [0.5, 0.6) is 0 Å². The Kier molecular flexibility index (Phi) is 6.57. The molecule has 0 heterocycles. The summed E-state index contributed by atoms with van der Waals surface area (Å²) in [6.07, 6.45) is 0.863. The van der Waals surface area contributed by atoms with E-state index in [-0.39, 0.29) is 31.0 Å². The van der Waals surface area contributed by atoms with Crippen LogP contribution in [0.4, 0.5) is 0 Å². The molecule has 0 radical (unpaired) electrons. The van der Waals surface area contributed by atoms with Gasteiger partial charge in [-0.3, -0.25) is 0 Å². The van der Waals surface area contributed by atoms with Crippen LogP contribution in [0.3, 0.4) is 0 Å². The number of sulfone groups is 1. The molecular formula is C5H11LiO5S2. The van der Waals surface area contributed by atoms with Crippen molar-refractivity contribution in [3.8, 4) is 0 Å². The van der Waals surface area contributed by atoms with Crippen LogP contribution < -0.4 is 18.9 Å². The maximum Gasteiger partial charge on any atom is 1.00 e. The first-order chi connectivity index (χ1) is 5.13. The molecule has 1 unspecified atom stereocenters. The summed E-state index contributed by atoms with van der Waals surface area (Å²) in [5.41, 5.74) is 0. The molecule has 0 saturated heterocycles. The van der Waals surface area contributed by atoms with Crippen LogP contribution in [0, 0.1) is 0 Å². The standard InChI is InChI=1S/C5H12O5S2.Li/c1-5(12(8,9)10)3-4-11(2,6)7;/h5H,3-4H2,1-2H3,(H,8,9,10);/q;+1/p-1. The summed E-state index contributed by atoms with van der Waals surface area (Å²) in [4.78, 5) is 0. The molecule has 1 atom stereocenters. The zero-order chi connectivity index (χ0) is 9.99. The third-order valence-electron chi connectivity index (χ3n) is 1.39. The normalized spacial score (nSPS) is 14.7. The Hall–Kier alpha value is 0.457. The van der Waals surface area contributed by atoms with Crippen molar-refractivity contribution < 1.29 is 40.2 Å². The third kappa shape index (κ3) is 8.78. The molecule has 0 N–H and O–H groups in total. The molecule has 13 heavy (non-hydrogen) atoms. The van der Waals surface area contributed by atoms with Crippen molar-refractivity contribution in [3.63, 3.8) is 0 Å². The van der Waals surface area contributed by atoms with Gasteiger partial charge in [0.15, 0.2) is 0 Å². The van der Waals surface area contributed by atoms with Gasteiger partial charge in [0.05, 0.1) is 15.9 Å². The molecule has 0 aliphatic carbocycles. The van der Waals surface area contributed by atoms with E-state index in [1.807, 2.05) is 0 Å². The molecule has 0 aromatic heterocycles. The fourth-order valence-corrected chi connectivity index (χ4v) is 1.86. The molecule has 0 fully saturated rings. The Morgan fingerprint density at radius 3 is 1.85 bits per heavy atom. The second-order valence-corrected chi connectivity index (χ2v) is 6.77. The largest absolute Gasteiger partial charge is 1.00 e. The number of rotatable bonds is 4.